The van der Waals surface area contributed by atoms with Gasteiger partial charge in [0.2, 0.25) is 0 Å². The zero-order valence-corrected chi connectivity index (χ0v) is 18.2. The van der Waals surface area contributed by atoms with E-state index in [4.69, 9.17) is 4.74 Å². The van der Waals surface area contributed by atoms with Gasteiger partial charge >= 0.3 is 0 Å². The smallest absolute Gasteiger partial charge is 0.130 e. The highest BCUT2D eigenvalue weighted by Gasteiger charge is 2.15. The van der Waals surface area contributed by atoms with Crippen LogP contribution in [0.15, 0.2) is 36.0 Å². The predicted octanol–water partition coefficient (Wildman–Crippen LogP) is 5.79. The predicted molar refractivity (Wildman–Crippen MR) is 120 cm³/mol. The Hall–Kier alpha value is -3.02. The van der Waals surface area contributed by atoms with Crippen LogP contribution in [0.4, 0.5) is 10.2 Å². The molecule has 0 unspecified atom stereocenters. The van der Waals surface area contributed by atoms with E-state index in [9.17, 15) is 9.65 Å². The summed E-state index contributed by atoms with van der Waals surface area (Å²) in [6, 6.07) is 9.14. The second-order valence-corrected chi connectivity index (χ2v) is 8.60. The number of nitriles is 1. The molecule has 0 spiro atoms. The van der Waals surface area contributed by atoms with Gasteiger partial charge in [0.05, 0.1) is 17.2 Å². The van der Waals surface area contributed by atoms with Gasteiger partial charge in [0.15, 0.2) is 0 Å². The third kappa shape index (κ3) is 4.13. The first-order chi connectivity index (χ1) is 14.6. The fourth-order valence-corrected chi connectivity index (χ4v) is 5.21. The second-order valence-electron chi connectivity index (χ2n) is 6.67. The first kappa shape index (κ1) is 20.3. The molecule has 8 heteroatoms. The molecule has 4 aromatic rings. The molecule has 3 aromatic heterocycles. The number of aryl methyl sites for hydroxylation is 1. The average Bonchev–Trinajstić information content (AvgIpc) is 3.34. The highest BCUT2D eigenvalue weighted by atomic mass is 32.1. The third-order valence-corrected chi connectivity index (χ3v) is 6.85. The van der Waals surface area contributed by atoms with Gasteiger partial charge in [-0.3, -0.25) is 0 Å². The van der Waals surface area contributed by atoms with Crippen LogP contribution in [0.25, 0.3) is 20.7 Å². The van der Waals surface area contributed by atoms with E-state index in [2.05, 4.69) is 21.4 Å². The largest absolute Gasteiger partial charge is 0.493 e. The third-order valence-electron chi connectivity index (χ3n) is 4.63. The van der Waals surface area contributed by atoms with E-state index in [1.54, 1.807) is 11.3 Å². The first-order valence-electron chi connectivity index (χ1n) is 9.48. The van der Waals surface area contributed by atoms with Crippen LogP contribution in [-0.2, 0) is 6.42 Å². The highest BCUT2D eigenvalue weighted by Crippen LogP contribution is 2.34. The van der Waals surface area contributed by atoms with Crippen molar-refractivity contribution in [3.8, 4) is 22.4 Å². The van der Waals surface area contributed by atoms with Gasteiger partial charge in [0.25, 0.3) is 0 Å². The number of hydrogen-bond donors (Lipinski definition) is 1. The van der Waals surface area contributed by atoms with Crippen molar-refractivity contribution in [1.82, 2.24) is 9.97 Å². The minimum atomic E-state index is -0.278. The summed E-state index contributed by atoms with van der Waals surface area (Å²) in [6.07, 6.45) is 2.12. The Morgan fingerprint density at radius 2 is 2.10 bits per heavy atom. The summed E-state index contributed by atoms with van der Waals surface area (Å²) in [5, 5.41) is 15.6. The van der Waals surface area contributed by atoms with Crippen molar-refractivity contribution in [1.29, 1.82) is 5.26 Å². The van der Waals surface area contributed by atoms with Crippen molar-refractivity contribution in [3.63, 3.8) is 0 Å². The Kier molecular flexibility index (Phi) is 5.93. The lowest BCUT2D eigenvalue weighted by atomic mass is 10.1. The molecule has 0 fully saturated rings. The van der Waals surface area contributed by atoms with Crippen LogP contribution in [0, 0.1) is 24.1 Å². The molecular weight excluding hydrogens is 419 g/mol. The monoisotopic (exact) mass is 438 g/mol. The van der Waals surface area contributed by atoms with Gasteiger partial charge in [-0.2, -0.15) is 5.26 Å². The number of nitrogens with one attached hydrogen (secondary N) is 1. The van der Waals surface area contributed by atoms with Gasteiger partial charge in [-0.1, -0.05) is 0 Å². The number of hydrogen-bond acceptors (Lipinski definition) is 7. The molecule has 1 N–H and O–H groups in total. The van der Waals surface area contributed by atoms with Crippen molar-refractivity contribution in [2.24, 2.45) is 0 Å². The lowest BCUT2D eigenvalue weighted by molar-refractivity contribution is 0.342. The van der Waals surface area contributed by atoms with E-state index in [0.29, 0.717) is 30.3 Å². The summed E-state index contributed by atoms with van der Waals surface area (Å²) in [6.45, 7) is 5.02. The standard InChI is InChI=1S/C22H19FN4OS2/c1-3-28-15-8-19(29-11-15)18-9-21(27-12-26-18)25-5-4-16-17-7-14(23)6-13(2)22(17)30-20(16)10-24/h6-9,11-12H,3-5H2,1-2H3,(H,25,26,27). The molecule has 0 radical (unpaired) electrons. The molecule has 0 aliphatic rings. The van der Waals surface area contributed by atoms with Crippen molar-refractivity contribution in [2.45, 2.75) is 20.3 Å². The van der Waals surface area contributed by atoms with Crippen molar-refractivity contribution in [2.75, 3.05) is 18.5 Å². The molecule has 0 bridgehead atoms. The van der Waals surface area contributed by atoms with Gasteiger partial charge in [-0.15, -0.1) is 22.7 Å². The molecule has 5 nitrogen and oxygen atoms in total. The first-order valence-corrected chi connectivity index (χ1v) is 11.2. The molecule has 3 heterocycles. The maximum absolute atomic E-state index is 13.9. The number of halogens is 1. The maximum Gasteiger partial charge on any atom is 0.130 e. The fourth-order valence-electron chi connectivity index (χ4n) is 3.31. The molecule has 0 saturated carbocycles. The summed E-state index contributed by atoms with van der Waals surface area (Å²) in [5.41, 5.74) is 2.55. The Morgan fingerprint density at radius 3 is 2.90 bits per heavy atom. The second kappa shape index (κ2) is 8.78. The van der Waals surface area contributed by atoms with Gasteiger partial charge in [0.1, 0.15) is 34.7 Å². The van der Waals surface area contributed by atoms with Crippen LogP contribution in [0.3, 0.4) is 0 Å². The number of aromatic nitrogens is 2. The maximum atomic E-state index is 13.9. The molecule has 0 amide bonds. The summed E-state index contributed by atoms with van der Waals surface area (Å²) >= 11 is 2.99. The molecule has 1 aromatic carbocycles. The quantitative estimate of drug-likeness (QED) is 0.395. The number of rotatable bonds is 7. The number of nitrogens with zero attached hydrogens (tertiary/aromatic N) is 3. The van der Waals surface area contributed by atoms with E-state index < -0.39 is 0 Å². The molecule has 0 aliphatic heterocycles. The number of ether oxygens (including phenoxy) is 1. The Bertz CT molecular complexity index is 1240. The Labute approximate surface area is 181 Å². The van der Waals surface area contributed by atoms with Crippen LogP contribution >= 0.6 is 22.7 Å². The lowest BCUT2D eigenvalue weighted by Crippen LogP contribution is -2.07. The average molecular weight is 439 g/mol. The van der Waals surface area contributed by atoms with Crippen molar-refractivity contribution in [3.05, 3.63) is 57.8 Å². The normalized spacial score (nSPS) is 10.9. The van der Waals surface area contributed by atoms with E-state index >= 15 is 0 Å². The molecular formula is C22H19FN4OS2. The van der Waals surface area contributed by atoms with Gasteiger partial charge in [0, 0.05) is 34.1 Å². The molecule has 4 rings (SSSR count). The highest BCUT2D eigenvalue weighted by molar-refractivity contribution is 7.20. The van der Waals surface area contributed by atoms with E-state index in [0.717, 1.165) is 37.5 Å². The van der Waals surface area contributed by atoms with Crippen LogP contribution < -0.4 is 10.1 Å². The van der Waals surface area contributed by atoms with Crippen LogP contribution in [-0.4, -0.2) is 23.1 Å². The number of benzene rings is 1. The van der Waals surface area contributed by atoms with Crippen LogP contribution in [0.1, 0.15) is 22.9 Å². The molecule has 0 atom stereocenters. The zero-order chi connectivity index (χ0) is 21.1. The van der Waals surface area contributed by atoms with Crippen molar-refractivity contribution >= 4 is 38.6 Å². The SMILES string of the molecule is CCOc1csc(-c2cc(NCCc3c(C#N)sc4c(C)cc(F)cc34)ncn2)c1. The minimum absolute atomic E-state index is 0.278. The lowest BCUT2D eigenvalue weighted by Gasteiger charge is -2.07. The van der Waals surface area contributed by atoms with Crippen LogP contribution in [0.2, 0.25) is 0 Å². The van der Waals surface area contributed by atoms with Gasteiger partial charge in [-0.25, -0.2) is 14.4 Å². The number of fused-ring (bicyclic) bond motifs is 1. The summed E-state index contributed by atoms with van der Waals surface area (Å²) in [7, 11) is 0. The molecule has 152 valence electrons. The summed E-state index contributed by atoms with van der Waals surface area (Å²) in [5.74, 6) is 1.26. The van der Waals surface area contributed by atoms with E-state index in [1.165, 1.54) is 29.8 Å². The Morgan fingerprint density at radius 1 is 1.23 bits per heavy atom. The van der Waals surface area contributed by atoms with Gasteiger partial charge < -0.3 is 10.1 Å². The van der Waals surface area contributed by atoms with Crippen LogP contribution in [0.5, 0.6) is 5.75 Å². The topological polar surface area (TPSA) is 70.8 Å². The van der Waals surface area contributed by atoms with E-state index in [1.807, 2.05) is 31.4 Å². The summed E-state index contributed by atoms with van der Waals surface area (Å²) in [4.78, 5) is 10.3. The van der Waals surface area contributed by atoms with Gasteiger partial charge in [-0.05, 0) is 43.5 Å². The van der Waals surface area contributed by atoms with E-state index in [-0.39, 0.29) is 5.82 Å². The summed E-state index contributed by atoms with van der Waals surface area (Å²) < 4.78 is 20.4. The van der Waals surface area contributed by atoms with Crippen molar-refractivity contribution < 1.29 is 9.13 Å². The zero-order valence-electron chi connectivity index (χ0n) is 16.5. The molecule has 30 heavy (non-hydrogen) atoms. The molecule has 0 saturated heterocycles. The fraction of sp³-hybridized carbons (Fsp3) is 0.227. The number of anilines is 1. The minimum Gasteiger partial charge on any atom is -0.493 e. The Balaban J connectivity index is 1.50. The number of thiophene rings is 2. The molecule has 0 aliphatic carbocycles.